The van der Waals surface area contributed by atoms with Crippen molar-refractivity contribution < 1.29 is 33.4 Å². The van der Waals surface area contributed by atoms with Crippen LogP contribution >= 0.6 is 0 Å². The van der Waals surface area contributed by atoms with E-state index in [1.807, 2.05) is 24.3 Å². The van der Waals surface area contributed by atoms with Gasteiger partial charge in [-0.15, -0.1) is 0 Å². The summed E-state index contributed by atoms with van der Waals surface area (Å²) >= 11 is 0. The molecule has 0 aliphatic heterocycles. The molecular formula is C23H26O7. The van der Waals surface area contributed by atoms with Crippen LogP contribution in [-0.2, 0) is 36.8 Å². The largest absolute Gasteiger partial charge is 0.496 e. The number of carbonyl (C=O) groups excluding carboxylic acids is 4. The maximum absolute atomic E-state index is 12.5. The van der Waals surface area contributed by atoms with Crippen LogP contribution in [0.15, 0.2) is 24.3 Å². The fraction of sp³-hybridized carbons (Fsp3) is 0.391. The van der Waals surface area contributed by atoms with Gasteiger partial charge in [0.1, 0.15) is 35.3 Å². The van der Waals surface area contributed by atoms with Crippen molar-refractivity contribution in [2.24, 2.45) is 0 Å². The third-order valence-corrected chi connectivity index (χ3v) is 4.78. The van der Waals surface area contributed by atoms with Crippen LogP contribution in [-0.4, -0.2) is 44.6 Å². The SMILES string of the molecule is COC(=O)CC(=O)Cc1c(CCC(=O)CC(C)=O)c(OC)c2ccccc2c1OC. The first kappa shape index (κ1) is 23.1. The molecule has 0 fully saturated rings. The van der Waals surface area contributed by atoms with Gasteiger partial charge in [0.15, 0.2) is 0 Å². The van der Waals surface area contributed by atoms with E-state index < -0.39 is 5.97 Å². The molecule has 2 aromatic rings. The minimum atomic E-state index is -0.620. The molecule has 0 aromatic heterocycles. The van der Waals surface area contributed by atoms with Crippen LogP contribution in [0.2, 0.25) is 0 Å². The molecule has 0 heterocycles. The van der Waals surface area contributed by atoms with Crippen LogP contribution < -0.4 is 9.47 Å². The van der Waals surface area contributed by atoms with Crippen LogP contribution in [0.4, 0.5) is 0 Å². The maximum Gasteiger partial charge on any atom is 0.313 e. The van der Waals surface area contributed by atoms with Crippen LogP contribution in [0.25, 0.3) is 10.8 Å². The van der Waals surface area contributed by atoms with E-state index in [9.17, 15) is 19.2 Å². The minimum absolute atomic E-state index is 0.0737. The number of ketones is 3. The quantitative estimate of drug-likeness (QED) is 0.412. The van der Waals surface area contributed by atoms with Crippen LogP contribution in [0.3, 0.4) is 0 Å². The van der Waals surface area contributed by atoms with Crippen molar-refractivity contribution in [3.05, 3.63) is 35.4 Å². The van der Waals surface area contributed by atoms with Crippen molar-refractivity contribution in [1.29, 1.82) is 0 Å². The van der Waals surface area contributed by atoms with E-state index in [-0.39, 0.29) is 49.5 Å². The second-order valence-electron chi connectivity index (χ2n) is 6.96. The van der Waals surface area contributed by atoms with Crippen molar-refractivity contribution in [2.45, 2.75) is 39.0 Å². The highest BCUT2D eigenvalue weighted by atomic mass is 16.5. The van der Waals surface area contributed by atoms with E-state index in [0.717, 1.165) is 10.8 Å². The molecule has 0 unspecified atom stereocenters. The van der Waals surface area contributed by atoms with Crippen molar-refractivity contribution >= 4 is 34.1 Å². The number of hydrogen-bond acceptors (Lipinski definition) is 7. The fourth-order valence-corrected chi connectivity index (χ4v) is 3.52. The number of methoxy groups -OCH3 is 3. The molecule has 0 amide bonds. The zero-order valence-electron chi connectivity index (χ0n) is 17.7. The Labute approximate surface area is 175 Å². The summed E-state index contributed by atoms with van der Waals surface area (Å²) in [6, 6.07) is 7.44. The molecule has 7 nitrogen and oxygen atoms in total. The predicted octanol–water partition coefficient (Wildman–Crippen LogP) is 3.01. The van der Waals surface area contributed by atoms with E-state index in [4.69, 9.17) is 9.47 Å². The van der Waals surface area contributed by atoms with Gasteiger partial charge in [-0.3, -0.25) is 19.2 Å². The fourth-order valence-electron chi connectivity index (χ4n) is 3.52. The highest BCUT2D eigenvalue weighted by Gasteiger charge is 2.24. The average molecular weight is 414 g/mol. The summed E-state index contributed by atoms with van der Waals surface area (Å²) in [6.07, 6.45) is -0.177. The number of Topliss-reactive ketones (excluding diaryl/α,β-unsaturated/α-hetero) is 3. The molecule has 0 N–H and O–H groups in total. The Morgan fingerprint density at radius 2 is 1.37 bits per heavy atom. The second kappa shape index (κ2) is 10.5. The molecule has 0 spiro atoms. The molecular weight excluding hydrogens is 388 g/mol. The number of carbonyl (C=O) groups is 4. The highest BCUT2D eigenvalue weighted by Crippen LogP contribution is 2.41. The molecule has 0 aliphatic carbocycles. The molecule has 0 saturated heterocycles. The molecule has 2 rings (SSSR count). The Bertz CT molecular complexity index is 975. The summed E-state index contributed by atoms with van der Waals surface area (Å²) in [5, 5.41) is 1.55. The van der Waals surface area contributed by atoms with E-state index in [1.54, 1.807) is 0 Å². The molecule has 0 radical (unpaired) electrons. The van der Waals surface area contributed by atoms with Crippen LogP contribution in [0.5, 0.6) is 11.5 Å². The lowest BCUT2D eigenvalue weighted by molar-refractivity contribution is -0.143. The zero-order chi connectivity index (χ0) is 22.3. The Hall–Kier alpha value is -3.22. The molecule has 0 saturated carbocycles. The summed E-state index contributed by atoms with van der Waals surface area (Å²) in [5.41, 5.74) is 1.22. The summed E-state index contributed by atoms with van der Waals surface area (Å²) < 4.78 is 15.9. The number of fused-ring (bicyclic) bond motifs is 1. The van der Waals surface area contributed by atoms with Gasteiger partial charge in [-0.05, 0) is 13.3 Å². The normalized spacial score (nSPS) is 10.5. The summed E-state index contributed by atoms with van der Waals surface area (Å²) in [7, 11) is 4.25. The minimum Gasteiger partial charge on any atom is -0.496 e. The Kier molecular flexibility index (Phi) is 8.09. The monoisotopic (exact) mass is 414 g/mol. The number of rotatable bonds is 11. The second-order valence-corrected chi connectivity index (χ2v) is 6.96. The van der Waals surface area contributed by atoms with Gasteiger partial charge in [0, 0.05) is 34.7 Å². The molecule has 160 valence electrons. The Morgan fingerprint density at radius 1 is 0.800 bits per heavy atom. The Balaban J connectivity index is 2.58. The van der Waals surface area contributed by atoms with Gasteiger partial charge in [0.2, 0.25) is 0 Å². The number of ether oxygens (including phenoxy) is 3. The van der Waals surface area contributed by atoms with Gasteiger partial charge in [-0.1, -0.05) is 24.3 Å². The van der Waals surface area contributed by atoms with Crippen LogP contribution in [0.1, 0.15) is 37.3 Å². The first-order chi connectivity index (χ1) is 14.3. The van der Waals surface area contributed by atoms with E-state index in [1.165, 1.54) is 28.3 Å². The molecule has 7 heteroatoms. The molecule has 30 heavy (non-hydrogen) atoms. The first-order valence-corrected chi connectivity index (χ1v) is 9.56. The standard InChI is InChI=1S/C23H26O7/c1-14(24)11-15(25)9-10-19-20(12-16(26)13-21(27)28-2)23(30-4)18-8-6-5-7-17(18)22(19)29-3/h5-8H,9-13H2,1-4H3. The topological polar surface area (TPSA) is 96.0 Å². The Morgan fingerprint density at radius 3 is 1.87 bits per heavy atom. The van der Waals surface area contributed by atoms with Crippen LogP contribution in [0, 0.1) is 0 Å². The average Bonchev–Trinajstić information content (AvgIpc) is 2.71. The first-order valence-electron chi connectivity index (χ1n) is 9.56. The molecule has 2 aromatic carbocycles. The summed E-state index contributed by atoms with van der Waals surface area (Å²) in [5.74, 6) is -0.305. The van der Waals surface area contributed by atoms with Crippen molar-refractivity contribution in [1.82, 2.24) is 0 Å². The third-order valence-electron chi connectivity index (χ3n) is 4.78. The molecule has 0 atom stereocenters. The number of hydrogen-bond donors (Lipinski definition) is 0. The smallest absolute Gasteiger partial charge is 0.313 e. The predicted molar refractivity (Wildman–Crippen MR) is 111 cm³/mol. The number of esters is 1. The highest BCUT2D eigenvalue weighted by molar-refractivity contribution is 6.01. The van der Waals surface area contributed by atoms with Gasteiger partial charge in [-0.2, -0.15) is 0 Å². The zero-order valence-corrected chi connectivity index (χ0v) is 17.7. The lowest BCUT2D eigenvalue weighted by Gasteiger charge is -2.20. The maximum atomic E-state index is 12.5. The third kappa shape index (κ3) is 5.43. The van der Waals surface area contributed by atoms with E-state index in [0.29, 0.717) is 22.6 Å². The van der Waals surface area contributed by atoms with E-state index >= 15 is 0 Å². The van der Waals surface area contributed by atoms with Crippen molar-refractivity contribution in [3.8, 4) is 11.5 Å². The molecule has 0 bridgehead atoms. The lowest BCUT2D eigenvalue weighted by atomic mass is 9.90. The van der Waals surface area contributed by atoms with Gasteiger partial charge in [0.05, 0.1) is 27.8 Å². The summed E-state index contributed by atoms with van der Waals surface area (Å²) in [6.45, 7) is 1.37. The van der Waals surface area contributed by atoms with Gasteiger partial charge >= 0.3 is 5.97 Å². The van der Waals surface area contributed by atoms with Gasteiger partial charge in [0.25, 0.3) is 0 Å². The lowest BCUT2D eigenvalue weighted by Crippen LogP contribution is -2.15. The van der Waals surface area contributed by atoms with Crippen molar-refractivity contribution in [3.63, 3.8) is 0 Å². The molecule has 0 aliphatic rings. The number of benzene rings is 2. The summed E-state index contributed by atoms with van der Waals surface area (Å²) in [4.78, 5) is 47.4. The van der Waals surface area contributed by atoms with Gasteiger partial charge in [-0.25, -0.2) is 0 Å². The van der Waals surface area contributed by atoms with E-state index in [2.05, 4.69) is 4.74 Å². The van der Waals surface area contributed by atoms with Gasteiger partial charge < -0.3 is 14.2 Å². The van der Waals surface area contributed by atoms with Crippen molar-refractivity contribution in [2.75, 3.05) is 21.3 Å².